The largest absolute Gasteiger partial charge is 0.388 e. The van der Waals surface area contributed by atoms with E-state index in [2.05, 4.69) is 6.07 Å². The number of aliphatic hydroxyl groups is 1. The monoisotopic (exact) mass is 155 g/mol. The van der Waals surface area contributed by atoms with Crippen LogP contribution in [0.15, 0.2) is 0 Å². The zero-order valence-electron chi connectivity index (χ0n) is 6.71. The lowest BCUT2D eigenvalue weighted by Crippen LogP contribution is -2.41. The number of ether oxygens (including phenoxy) is 1. The molecule has 11 heavy (non-hydrogen) atoms. The van der Waals surface area contributed by atoms with Crippen molar-refractivity contribution in [2.75, 3.05) is 13.2 Å². The first kappa shape index (κ1) is 8.51. The highest BCUT2D eigenvalue weighted by Gasteiger charge is 2.35. The molecule has 0 aromatic carbocycles. The first-order chi connectivity index (χ1) is 5.19. The average Bonchev–Trinajstić information content (AvgIpc) is 2.04. The lowest BCUT2D eigenvalue weighted by atomic mass is 9.83. The molecule has 3 heteroatoms. The average molecular weight is 155 g/mol. The van der Waals surface area contributed by atoms with Crippen molar-refractivity contribution in [2.45, 2.75) is 25.4 Å². The predicted octanol–water partition coefficient (Wildman–Crippen LogP) is 0.688. The number of nitriles is 1. The highest BCUT2D eigenvalue weighted by molar-refractivity contribution is 4.97. The Morgan fingerprint density at radius 1 is 1.55 bits per heavy atom. The summed E-state index contributed by atoms with van der Waals surface area (Å²) in [5.74, 6) is -0.286. The van der Waals surface area contributed by atoms with E-state index in [1.54, 1.807) is 6.92 Å². The van der Waals surface area contributed by atoms with Crippen molar-refractivity contribution >= 4 is 0 Å². The summed E-state index contributed by atoms with van der Waals surface area (Å²) < 4.78 is 5.09. The molecule has 1 heterocycles. The molecule has 1 rings (SSSR count). The minimum absolute atomic E-state index is 0.286. The van der Waals surface area contributed by atoms with Gasteiger partial charge in [0.1, 0.15) is 0 Å². The van der Waals surface area contributed by atoms with Gasteiger partial charge in [-0.25, -0.2) is 0 Å². The van der Waals surface area contributed by atoms with Crippen LogP contribution in [0.5, 0.6) is 0 Å². The molecular weight excluding hydrogens is 142 g/mol. The standard InChI is InChI=1S/C8H13NO2/c1-7(6-9)8(10)2-4-11-5-3-8/h7,10H,2-5H2,1H3. The van der Waals surface area contributed by atoms with Crippen LogP contribution in [0.2, 0.25) is 0 Å². The Morgan fingerprint density at radius 2 is 2.09 bits per heavy atom. The smallest absolute Gasteiger partial charge is 0.0846 e. The third-order valence-electron chi connectivity index (χ3n) is 2.36. The van der Waals surface area contributed by atoms with Gasteiger partial charge in [0.2, 0.25) is 0 Å². The second-order valence-electron chi connectivity index (χ2n) is 3.07. The van der Waals surface area contributed by atoms with Crippen LogP contribution in [0.4, 0.5) is 0 Å². The van der Waals surface area contributed by atoms with E-state index in [0.717, 1.165) is 0 Å². The Hall–Kier alpha value is -0.590. The number of hydrogen-bond acceptors (Lipinski definition) is 3. The van der Waals surface area contributed by atoms with Gasteiger partial charge in [0.25, 0.3) is 0 Å². The number of hydrogen-bond donors (Lipinski definition) is 1. The second kappa shape index (κ2) is 3.21. The minimum Gasteiger partial charge on any atom is -0.388 e. The highest BCUT2D eigenvalue weighted by Crippen LogP contribution is 2.27. The molecule has 62 valence electrons. The fourth-order valence-corrected chi connectivity index (χ4v) is 1.28. The summed E-state index contributed by atoms with van der Waals surface area (Å²) in [7, 11) is 0. The molecule has 0 amide bonds. The van der Waals surface area contributed by atoms with Crippen molar-refractivity contribution < 1.29 is 9.84 Å². The van der Waals surface area contributed by atoms with Crippen LogP contribution in [0.1, 0.15) is 19.8 Å². The van der Waals surface area contributed by atoms with Crippen molar-refractivity contribution in [1.82, 2.24) is 0 Å². The molecular formula is C8H13NO2. The third kappa shape index (κ3) is 1.70. The van der Waals surface area contributed by atoms with E-state index in [1.165, 1.54) is 0 Å². The van der Waals surface area contributed by atoms with Gasteiger partial charge in [-0.1, -0.05) is 0 Å². The summed E-state index contributed by atoms with van der Waals surface area (Å²) in [6.45, 7) is 2.90. The Balaban J connectivity index is 2.57. The first-order valence-electron chi connectivity index (χ1n) is 3.89. The van der Waals surface area contributed by atoms with Gasteiger partial charge in [0.05, 0.1) is 17.6 Å². The van der Waals surface area contributed by atoms with Crippen LogP contribution in [-0.2, 0) is 4.74 Å². The molecule has 0 aliphatic carbocycles. The van der Waals surface area contributed by atoms with Gasteiger partial charge in [0, 0.05) is 26.1 Å². The SMILES string of the molecule is CC(C#N)C1(O)CCOCC1. The maximum atomic E-state index is 9.84. The number of rotatable bonds is 1. The molecule has 1 aliphatic rings. The fourth-order valence-electron chi connectivity index (χ4n) is 1.28. The van der Waals surface area contributed by atoms with E-state index in [9.17, 15) is 5.11 Å². The Kier molecular flexibility index (Phi) is 2.48. The maximum Gasteiger partial charge on any atom is 0.0846 e. The number of nitrogens with zero attached hydrogens (tertiary/aromatic N) is 1. The summed E-state index contributed by atoms with van der Waals surface area (Å²) >= 11 is 0. The van der Waals surface area contributed by atoms with Crippen LogP contribution < -0.4 is 0 Å². The molecule has 1 fully saturated rings. The van der Waals surface area contributed by atoms with E-state index in [-0.39, 0.29) is 5.92 Å². The molecule has 1 aliphatic heterocycles. The summed E-state index contributed by atoms with van der Waals surface area (Å²) in [5, 5.41) is 18.4. The zero-order valence-corrected chi connectivity index (χ0v) is 6.71. The molecule has 0 saturated carbocycles. The van der Waals surface area contributed by atoms with Gasteiger partial charge in [-0.3, -0.25) is 0 Å². The van der Waals surface area contributed by atoms with Crippen molar-refractivity contribution in [3.05, 3.63) is 0 Å². The molecule has 1 atom stereocenters. The molecule has 0 spiro atoms. The topological polar surface area (TPSA) is 53.2 Å². The highest BCUT2D eigenvalue weighted by atomic mass is 16.5. The van der Waals surface area contributed by atoms with Crippen molar-refractivity contribution in [1.29, 1.82) is 5.26 Å². The Labute approximate surface area is 66.6 Å². The van der Waals surface area contributed by atoms with Crippen molar-refractivity contribution in [3.63, 3.8) is 0 Å². The van der Waals surface area contributed by atoms with Crippen LogP contribution in [-0.4, -0.2) is 23.9 Å². The van der Waals surface area contributed by atoms with Crippen LogP contribution in [0, 0.1) is 17.2 Å². The van der Waals surface area contributed by atoms with Crippen LogP contribution in [0.25, 0.3) is 0 Å². The van der Waals surface area contributed by atoms with E-state index in [0.29, 0.717) is 26.1 Å². The quantitative estimate of drug-likeness (QED) is 0.606. The molecule has 3 nitrogen and oxygen atoms in total. The fraction of sp³-hybridized carbons (Fsp3) is 0.875. The molecule has 1 N–H and O–H groups in total. The summed E-state index contributed by atoms with van der Waals surface area (Å²) in [6, 6.07) is 2.07. The molecule has 0 aromatic heterocycles. The van der Waals surface area contributed by atoms with E-state index >= 15 is 0 Å². The van der Waals surface area contributed by atoms with Gasteiger partial charge in [0.15, 0.2) is 0 Å². The molecule has 1 saturated heterocycles. The molecule has 0 bridgehead atoms. The Bertz CT molecular complexity index is 167. The summed E-state index contributed by atoms with van der Waals surface area (Å²) in [5.41, 5.74) is -0.799. The second-order valence-corrected chi connectivity index (χ2v) is 3.07. The third-order valence-corrected chi connectivity index (χ3v) is 2.36. The first-order valence-corrected chi connectivity index (χ1v) is 3.89. The summed E-state index contributed by atoms with van der Waals surface area (Å²) in [4.78, 5) is 0. The molecule has 0 radical (unpaired) electrons. The van der Waals surface area contributed by atoms with Crippen molar-refractivity contribution in [2.24, 2.45) is 5.92 Å². The summed E-state index contributed by atoms with van der Waals surface area (Å²) in [6.07, 6.45) is 1.17. The van der Waals surface area contributed by atoms with Crippen LogP contribution >= 0.6 is 0 Å². The van der Waals surface area contributed by atoms with Gasteiger partial charge in [-0.2, -0.15) is 5.26 Å². The van der Waals surface area contributed by atoms with Crippen molar-refractivity contribution in [3.8, 4) is 6.07 Å². The maximum absolute atomic E-state index is 9.84. The normalized spacial score (nSPS) is 25.5. The van der Waals surface area contributed by atoms with Gasteiger partial charge >= 0.3 is 0 Å². The molecule has 1 unspecified atom stereocenters. The van der Waals surface area contributed by atoms with Gasteiger partial charge < -0.3 is 9.84 Å². The Morgan fingerprint density at radius 3 is 2.55 bits per heavy atom. The lowest BCUT2D eigenvalue weighted by Gasteiger charge is -2.33. The van der Waals surface area contributed by atoms with E-state index in [4.69, 9.17) is 10.00 Å². The van der Waals surface area contributed by atoms with E-state index < -0.39 is 5.60 Å². The zero-order chi connectivity index (χ0) is 8.32. The van der Waals surface area contributed by atoms with Crippen LogP contribution in [0.3, 0.4) is 0 Å². The van der Waals surface area contributed by atoms with Gasteiger partial charge in [-0.15, -0.1) is 0 Å². The predicted molar refractivity (Wildman–Crippen MR) is 39.8 cm³/mol. The van der Waals surface area contributed by atoms with E-state index in [1.807, 2.05) is 0 Å². The minimum atomic E-state index is -0.799. The van der Waals surface area contributed by atoms with Gasteiger partial charge in [-0.05, 0) is 6.92 Å². The lowest BCUT2D eigenvalue weighted by molar-refractivity contribution is -0.0825. The molecule has 0 aromatic rings.